The van der Waals surface area contributed by atoms with Crippen molar-refractivity contribution < 1.29 is 0 Å². The van der Waals surface area contributed by atoms with Gasteiger partial charge in [-0.15, -0.1) is 6.58 Å². The summed E-state index contributed by atoms with van der Waals surface area (Å²) in [6, 6.07) is 11.6. The molecule has 0 spiro atoms. The van der Waals surface area contributed by atoms with E-state index in [1.54, 1.807) is 12.3 Å². The Balaban J connectivity index is 0.000000582. The fraction of sp³-hybridized carbons (Fsp3) is 0.333. The van der Waals surface area contributed by atoms with Crippen LogP contribution in [0.5, 0.6) is 0 Å². The molecule has 0 saturated heterocycles. The third kappa shape index (κ3) is 8.86. The van der Waals surface area contributed by atoms with Gasteiger partial charge in [-0.2, -0.15) is 10.4 Å². The number of aryl methyl sites for hydroxylation is 1. The monoisotopic (exact) mass is 353 g/mol. The van der Waals surface area contributed by atoms with Crippen LogP contribution in [0.3, 0.4) is 0 Å². The molecular formula is C21H31N5. The maximum Gasteiger partial charge on any atom is 0.0991 e. The molecule has 1 heterocycles. The lowest BCUT2D eigenvalue weighted by Crippen LogP contribution is -2.01. The smallest absolute Gasteiger partial charge is 0.0991 e. The lowest BCUT2D eigenvalue weighted by molar-refractivity contribution is 0.566. The molecule has 0 aliphatic rings. The van der Waals surface area contributed by atoms with Gasteiger partial charge in [0.15, 0.2) is 0 Å². The van der Waals surface area contributed by atoms with E-state index in [-0.39, 0.29) is 0 Å². The minimum absolute atomic E-state index is 0.651. The van der Waals surface area contributed by atoms with Gasteiger partial charge in [-0.1, -0.05) is 31.7 Å². The Kier molecular flexibility index (Phi) is 12.0. The predicted octanol–water partition coefficient (Wildman–Crippen LogP) is 3.60. The Morgan fingerprint density at radius 2 is 1.92 bits per heavy atom. The highest BCUT2D eigenvalue weighted by atomic mass is 15.3. The zero-order valence-corrected chi connectivity index (χ0v) is 16.7. The van der Waals surface area contributed by atoms with E-state index in [1.807, 2.05) is 68.1 Å². The highest BCUT2D eigenvalue weighted by Gasteiger charge is 2.06. The number of rotatable bonds is 5. The van der Waals surface area contributed by atoms with Crippen molar-refractivity contribution in [2.45, 2.75) is 13.3 Å². The van der Waals surface area contributed by atoms with Gasteiger partial charge in [0.25, 0.3) is 0 Å². The molecule has 2 aromatic rings. The summed E-state index contributed by atoms with van der Waals surface area (Å²) in [5.74, 6) is 0. The molecule has 2 rings (SSSR count). The molecule has 1 N–H and O–H groups in total. The number of aromatic nitrogens is 2. The van der Waals surface area contributed by atoms with Crippen molar-refractivity contribution in [2.24, 2.45) is 7.05 Å². The minimum Gasteiger partial charge on any atom is -0.384 e. The van der Waals surface area contributed by atoms with Crippen LogP contribution < -0.4 is 5.32 Å². The molecule has 5 heteroatoms. The van der Waals surface area contributed by atoms with Crippen LogP contribution in [0.1, 0.15) is 18.2 Å². The molecule has 26 heavy (non-hydrogen) atoms. The summed E-state index contributed by atoms with van der Waals surface area (Å²) in [4.78, 5) is 1.89. The van der Waals surface area contributed by atoms with Gasteiger partial charge < -0.3 is 10.2 Å². The first-order chi connectivity index (χ1) is 12.4. The number of benzene rings is 1. The van der Waals surface area contributed by atoms with Gasteiger partial charge >= 0.3 is 0 Å². The number of nitriles is 1. The summed E-state index contributed by atoms with van der Waals surface area (Å²) < 4.78 is 1.84. The van der Waals surface area contributed by atoms with Crippen molar-refractivity contribution in [3.63, 3.8) is 0 Å². The molecule has 0 amide bonds. The molecule has 0 atom stereocenters. The van der Waals surface area contributed by atoms with E-state index in [2.05, 4.69) is 36.6 Å². The van der Waals surface area contributed by atoms with Gasteiger partial charge in [0.2, 0.25) is 0 Å². The normalized spacial score (nSPS) is 8.92. The fourth-order valence-corrected chi connectivity index (χ4v) is 1.73. The largest absolute Gasteiger partial charge is 0.384 e. The summed E-state index contributed by atoms with van der Waals surface area (Å²) in [6.45, 7) is 10.3. The van der Waals surface area contributed by atoms with E-state index in [4.69, 9.17) is 5.26 Å². The predicted molar refractivity (Wildman–Crippen MR) is 111 cm³/mol. The van der Waals surface area contributed by atoms with Crippen LogP contribution in [-0.4, -0.2) is 42.4 Å². The van der Waals surface area contributed by atoms with Crippen LogP contribution in [-0.2, 0) is 13.5 Å². The van der Waals surface area contributed by atoms with Crippen LogP contribution in [0.25, 0.3) is 11.3 Å². The number of hydrogen-bond donors (Lipinski definition) is 1. The summed E-state index contributed by atoms with van der Waals surface area (Å²) in [6.07, 6.45) is 4.40. The van der Waals surface area contributed by atoms with Gasteiger partial charge in [-0.3, -0.25) is 4.68 Å². The third-order valence-electron chi connectivity index (χ3n) is 3.34. The second-order valence-electron chi connectivity index (χ2n) is 5.68. The molecule has 0 saturated carbocycles. The van der Waals surface area contributed by atoms with Crippen LogP contribution in [0.2, 0.25) is 0 Å². The third-order valence-corrected chi connectivity index (χ3v) is 3.34. The number of nitrogens with one attached hydrogen (secondary N) is 1. The maximum absolute atomic E-state index is 8.86. The Hall–Kier alpha value is -2.84. The zero-order valence-electron chi connectivity index (χ0n) is 16.7. The Labute approximate surface area is 158 Å². The molecule has 0 aliphatic carbocycles. The highest BCUT2D eigenvalue weighted by Crippen LogP contribution is 2.20. The molecule has 0 unspecified atom stereocenters. The lowest BCUT2D eigenvalue weighted by atomic mass is 10.1. The molecule has 0 aliphatic heterocycles. The van der Waals surface area contributed by atoms with Gasteiger partial charge in [0.05, 0.1) is 17.3 Å². The number of nitrogens with zero attached hydrogens (tertiary/aromatic N) is 4. The Morgan fingerprint density at radius 3 is 2.38 bits per heavy atom. The first-order valence-electron chi connectivity index (χ1n) is 8.51. The SMILES string of the molecule is C=CCc1cc(-c2cccc(C#N)c2)nn1C.C=CN(C)C.CCNC. The summed E-state index contributed by atoms with van der Waals surface area (Å²) in [5, 5.41) is 16.2. The van der Waals surface area contributed by atoms with E-state index < -0.39 is 0 Å². The van der Waals surface area contributed by atoms with Gasteiger partial charge in [0.1, 0.15) is 0 Å². The second kappa shape index (κ2) is 13.5. The van der Waals surface area contributed by atoms with E-state index in [1.165, 1.54) is 0 Å². The number of hydrogen-bond acceptors (Lipinski definition) is 4. The first kappa shape index (κ1) is 23.2. The quantitative estimate of drug-likeness (QED) is 0.835. The van der Waals surface area contributed by atoms with Gasteiger partial charge in [-0.25, -0.2) is 0 Å². The molecule has 1 aromatic carbocycles. The van der Waals surface area contributed by atoms with Crippen LogP contribution in [0.15, 0.2) is 55.8 Å². The Morgan fingerprint density at radius 1 is 1.31 bits per heavy atom. The van der Waals surface area contributed by atoms with Crippen molar-refractivity contribution in [3.8, 4) is 17.3 Å². The van der Waals surface area contributed by atoms with E-state index in [9.17, 15) is 0 Å². The average Bonchev–Trinajstić information content (AvgIpc) is 3.03. The highest BCUT2D eigenvalue weighted by molar-refractivity contribution is 5.61. The van der Waals surface area contributed by atoms with Crippen molar-refractivity contribution in [1.29, 1.82) is 5.26 Å². The zero-order chi connectivity index (χ0) is 19.9. The van der Waals surface area contributed by atoms with Crippen molar-refractivity contribution in [3.05, 3.63) is 67.0 Å². The topological polar surface area (TPSA) is 56.9 Å². The van der Waals surface area contributed by atoms with Crippen LogP contribution in [0.4, 0.5) is 0 Å². The molecule has 1 aromatic heterocycles. The molecule has 0 fully saturated rings. The Bertz CT molecular complexity index is 705. The van der Waals surface area contributed by atoms with Crippen molar-refractivity contribution in [1.82, 2.24) is 20.0 Å². The first-order valence-corrected chi connectivity index (χ1v) is 8.51. The van der Waals surface area contributed by atoms with E-state index >= 15 is 0 Å². The van der Waals surface area contributed by atoms with Gasteiger partial charge in [0, 0.05) is 38.8 Å². The summed E-state index contributed by atoms with van der Waals surface area (Å²) in [7, 11) is 7.72. The number of allylic oxidation sites excluding steroid dienone is 1. The summed E-state index contributed by atoms with van der Waals surface area (Å²) in [5.41, 5.74) is 3.62. The molecular weight excluding hydrogens is 322 g/mol. The maximum atomic E-state index is 8.86. The van der Waals surface area contributed by atoms with E-state index in [0.29, 0.717) is 5.56 Å². The molecule has 0 bridgehead atoms. The fourth-order valence-electron chi connectivity index (χ4n) is 1.73. The van der Waals surface area contributed by atoms with E-state index in [0.717, 1.165) is 29.9 Å². The lowest BCUT2D eigenvalue weighted by Gasteiger charge is -1.98. The minimum atomic E-state index is 0.651. The van der Waals surface area contributed by atoms with Crippen LogP contribution >= 0.6 is 0 Å². The van der Waals surface area contributed by atoms with Crippen LogP contribution in [0, 0.1) is 11.3 Å². The average molecular weight is 354 g/mol. The second-order valence-corrected chi connectivity index (χ2v) is 5.68. The van der Waals surface area contributed by atoms with Gasteiger partial charge in [-0.05, 0) is 38.0 Å². The van der Waals surface area contributed by atoms with Crippen molar-refractivity contribution >= 4 is 0 Å². The standard InChI is InChI=1S/C14H13N3.C4H9N.C3H9N/c1-3-5-13-9-14(16-17(13)2)12-7-4-6-11(8-12)10-15;1-4-5(2)3;1-3-4-2/h3-4,6-9H,1,5H2,2H3;4H,1H2,2-3H3;4H,3H2,1-2H3. The summed E-state index contributed by atoms with van der Waals surface area (Å²) >= 11 is 0. The molecule has 140 valence electrons. The van der Waals surface area contributed by atoms with Crippen molar-refractivity contribution in [2.75, 3.05) is 27.7 Å². The molecule has 5 nitrogen and oxygen atoms in total. The molecule has 0 radical (unpaired) electrons.